The summed E-state index contributed by atoms with van der Waals surface area (Å²) in [5.74, 6) is -0.354. The highest BCUT2D eigenvalue weighted by Crippen LogP contribution is 2.36. The number of carbonyl (C=O) groups excluding carboxylic acids is 1. The Labute approximate surface area is 99.4 Å². The molecule has 4 nitrogen and oxygen atoms in total. The Morgan fingerprint density at radius 3 is 2.19 bits per heavy atom. The van der Waals surface area contributed by atoms with Crippen LogP contribution in [-0.4, -0.2) is 41.2 Å². The molecule has 0 rings (SSSR count). The SMILES string of the molecule is COC(=O)COCCO[Si](C)(C)C(C)(C)C. The Balaban J connectivity index is 3.71. The van der Waals surface area contributed by atoms with E-state index in [-0.39, 0.29) is 17.6 Å². The van der Waals surface area contributed by atoms with Gasteiger partial charge in [-0.05, 0) is 18.1 Å². The highest BCUT2D eigenvalue weighted by Gasteiger charge is 2.36. The van der Waals surface area contributed by atoms with Gasteiger partial charge in [-0.2, -0.15) is 0 Å². The molecule has 0 aromatic rings. The molecule has 0 radical (unpaired) electrons. The second-order valence-corrected chi connectivity index (χ2v) is 10.0. The van der Waals surface area contributed by atoms with Gasteiger partial charge in [0.25, 0.3) is 0 Å². The Kier molecular flexibility index (Phi) is 6.21. The average Bonchev–Trinajstić information content (AvgIpc) is 2.15. The molecule has 5 heteroatoms. The Hall–Kier alpha value is -0.393. The fourth-order valence-electron chi connectivity index (χ4n) is 0.787. The zero-order valence-electron chi connectivity index (χ0n) is 11.3. The molecule has 0 aromatic carbocycles. The van der Waals surface area contributed by atoms with Crippen molar-refractivity contribution < 1.29 is 18.7 Å². The number of ether oxygens (including phenoxy) is 2. The first-order valence-corrected chi connectivity index (χ1v) is 8.40. The maximum Gasteiger partial charge on any atom is 0.331 e. The number of rotatable bonds is 6. The quantitative estimate of drug-likeness (QED) is 0.411. The van der Waals surface area contributed by atoms with Gasteiger partial charge in [0.2, 0.25) is 0 Å². The van der Waals surface area contributed by atoms with Crippen LogP contribution in [0.15, 0.2) is 0 Å². The van der Waals surface area contributed by atoms with Crippen LogP contribution in [0.2, 0.25) is 18.1 Å². The zero-order chi connectivity index (χ0) is 12.8. The van der Waals surface area contributed by atoms with Crippen LogP contribution >= 0.6 is 0 Å². The summed E-state index contributed by atoms with van der Waals surface area (Å²) < 4.78 is 15.4. The van der Waals surface area contributed by atoms with Crippen molar-refractivity contribution in [3.05, 3.63) is 0 Å². The normalized spacial score (nSPS) is 12.6. The summed E-state index contributed by atoms with van der Waals surface area (Å²) in [5.41, 5.74) is 0. The summed E-state index contributed by atoms with van der Waals surface area (Å²) in [7, 11) is -0.342. The van der Waals surface area contributed by atoms with Gasteiger partial charge < -0.3 is 13.9 Å². The standard InChI is InChI=1S/C11H24O4Si/c1-11(2,3)16(5,6)15-8-7-14-9-10(12)13-4/h7-9H2,1-6H3. The van der Waals surface area contributed by atoms with Gasteiger partial charge in [-0.1, -0.05) is 20.8 Å². The highest BCUT2D eigenvalue weighted by atomic mass is 28.4. The monoisotopic (exact) mass is 248 g/mol. The van der Waals surface area contributed by atoms with Crippen LogP contribution in [0.3, 0.4) is 0 Å². The number of hydrogen-bond acceptors (Lipinski definition) is 4. The van der Waals surface area contributed by atoms with E-state index in [1.54, 1.807) is 0 Å². The third-order valence-electron chi connectivity index (χ3n) is 2.94. The van der Waals surface area contributed by atoms with Crippen LogP contribution in [0.5, 0.6) is 0 Å². The van der Waals surface area contributed by atoms with E-state index < -0.39 is 8.32 Å². The molecule has 0 bridgehead atoms. The second-order valence-electron chi connectivity index (χ2n) is 5.24. The highest BCUT2D eigenvalue weighted by molar-refractivity contribution is 6.74. The number of carbonyl (C=O) groups is 1. The lowest BCUT2D eigenvalue weighted by molar-refractivity contribution is -0.146. The van der Waals surface area contributed by atoms with E-state index >= 15 is 0 Å². The lowest BCUT2D eigenvalue weighted by Gasteiger charge is -2.36. The molecule has 0 aliphatic heterocycles. The lowest BCUT2D eigenvalue weighted by Crippen LogP contribution is -2.41. The van der Waals surface area contributed by atoms with E-state index in [2.05, 4.69) is 38.6 Å². The molecule has 0 atom stereocenters. The molecule has 0 saturated heterocycles. The van der Waals surface area contributed by atoms with Crippen molar-refractivity contribution in [2.24, 2.45) is 0 Å². The molecule has 16 heavy (non-hydrogen) atoms. The fourth-order valence-corrected chi connectivity index (χ4v) is 1.81. The maximum atomic E-state index is 10.8. The van der Waals surface area contributed by atoms with Crippen LogP contribution in [0.25, 0.3) is 0 Å². The topological polar surface area (TPSA) is 44.8 Å². The Morgan fingerprint density at radius 1 is 1.19 bits per heavy atom. The molecule has 0 unspecified atom stereocenters. The number of esters is 1. The van der Waals surface area contributed by atoms with Crippen LogP contribution in [0.4, 0.5) is 0 Å². The van der Waals surface area contributed by atoms with E-state index in [0.717, 1.165) is 0 Å². The van der Waals surface area contributed by atoms with Crippen LogP contribution in [0.1, 0.15) is 20.8 Å². The fraction of sp³-hybridized carbons (Fsp3) is 0.909. The summed E-state index contributed by atoms with van der Waals surface area (Å²) in [6.07, 6.45) is 0. The minimum atomic E-state index is -1.69. The first kappa shape index (κ1) is 15.6. The molecule has 0 amide bonds. The lowest BCUT2D eigenvalue weighted by atomic mass is 10.2. The van der Waals surface area contributed by atoms with E-state index in [0.29, 0.717) is 13.2 Å². The van der Waals surface area contributed by atoms with Crippen molar-refractivity contribution in [3.63, 3.8) is 0 Å². The largest absolute Gasteiger partial charge is 0.467 e. The van der Waals surface area contributed by atoms with Gasteiger partial charge in [0, 0.05) is 0 Å². The first-order chi connectivity index (χ1) is 7.20. The van der Waals surface area contributed by atoms with Crippen LogP contribution in [0, 0.1) is 0 Å². The van der Waals surface area contributed by atoms with Crippen LogP contribution in [-0.2, 0) is 18.7 Å². The van der Waals surface area contributed by atoms with Crippen molar-refractivity contribution in [2.45, 2.75) is 38.9 Å². The summed E-state index contributed by atoms with van der Waals surface area (Å²) in [6.45, 7) is 11.9. The van der Waals surface area contributed by atoms with Crippen molar-refractivity contribution in [2.75, 3.05) is 26.9 Å². The molecular formula is C11H24O4Si. The second kappa shape index (κ2) is 6.37. The van der Waals surface area contributed by atoms with E-state index in [9.17, 15) is 4.79 Å². The van der Waals surface area contributed by atoms with Crippen molar-refractivity contribution in [3.8, 4) is 0 Å². The summed E-state index contributed by atoms with van der Waals surface area (Å²) in [5, 5.41) is 0.204. The van der Waals surface area contributed by atoms with E-state index in [1.807, 2.05) is 0 Å². The van der Waals surface area contributed by atoms with Gasteiger partial charge in [-0.25, -0.2) is 4.79 Å². The van der Waals surface area contributed by atoms with Gasteiger partial charge in [0.05, 0.1) is 20.3 Å². The smallest absolute Gasteiger partial charge is 0.331 e. The third kappa shape index (κ3) is 5.63. The maximum absolute atomic E-state index is 10.8. The average molecular weight is 248 g/mol. The van der Waals surface area contributed by atoms with Crippen molar-refractivity contribution in [1.29, 1.82) is 0 Å². The van der Waals surface area contributed by atoms with Crippen molar-refractivity contribution >= 4 is 14.3 Å². The van der Waals surface area contributed by atoms with Gasteiger partial charge >= 0.3 is 5.97 Å². The molecule has 96 valence electrons. The molecule has 0 saturated carbocycles. The van der Waals surface area contributed by atoms with Crippen molar-refractivity contribution in [1.82, 2.24) is 0 Å². The number of hydrogen-bond donors (Lipinski definition) is 0. The van der Waals surface area contributed by atoms with Crippen LogP contribution < -0.4 is 0 Å². The minimum Gasteiger partial charge on any atom is -0.467 e. The molecule has 0 N–H and O–H groups in total. The third-order valence-corrected chi connectivity index (χ3v) is 7.48. The molecule has 0 aromatic heterocycles. The Morgan fingerprint density at radius 2 is 1.75 bits per heavy atom. The summed E-state index contributed by atoms with van der Waals surface area (Å²) in [4.78, 5) is 10.8. The van der Waals surface area contributed by atoms with E-state index in [4.69, 9.17) is 9.16 Å². The minimum absolute atomic E-state index is 0.00262. The number of methoxy groups -OCH3 is 1. The molecule has 0 heterocycles. The predicted molar refractivity (Wildman–Crippen MR) is 66.0 cm³/mol. The summed E-state index contributed by atoms with van der Waals surface area (Å²) >= 11 is 0. The summed E-state index contributed by atoms with van der Waals surface area (Å²) in [6, 6.07) is 0. The molecule has 0 spiro atoms. The molecular weight excluding hydrogens is 224 g/mol. The van der Waals surface area contributed by atoms with Gasteiger partial charge in [-0.15, -0.1) is 0 Å². The van der Waals surface area contributed by atoms with E-state index in [1.165, 1.54) is 7.11 Å². The Bertz CT molecular complexity index is 221. The van der Waals surface area contributed by atoms with Gasteiger partial charge in [0.15, 0.2) is 8.32 Å². The predicted octanol–water partition coefficient (Wildman–Crippen LogP) is 2.20. The molecule has 0 aliphatic rings. The zero-order valence-corrected chi connectivity index (χ0v) is 12.3. The molecule has 0 aliphatic carbocycles. The van der Waals surface area contributed by atoms with Gasteiger partial charge in [-0.3, -0.25) is 0 Å². The molecule has 0 fully saturated rings. The first-order valence-electron chi connectivity index (χ1n) is 5.49. The van der Waals surface area contributed by atoms with Gasteiger partial charge in [0.1, 0.15) is 6.61 Å².